The summed E-state index contributed by atoms with van der Waals surface area (Å²) in [6.45, 7) is 4.29. The number of aryl methyl sites for hydroxylation is 2. The number of thiazole rings is 1. The lowest BCUT2D eigenvalue weighted by atomic mass is 10.1. The summed E-state index contributed by atoms with van der Waals surface area (Å²) in [4.78, 5) is 33.2. The fourth-order valence-electron chi connectivity index (χ4n) is 4.03. The van der Waals surface area contributed by atoms with Crippen LogP contribution in [0.1, 0.15) is 55.2 Å². The van der Waals surface area contributed by atoms with Crippen molar-refractivity contribution in [3.63, 3.8) is 0 Å². The largest absolute Gasteiger partial charge is 0.496 e. The van der Waals surface area contributed by atoms with Crippen molar-refractivity contribution in [2.45, 2.75) is 39.7 Å². The number of benzene rings is 2. The van der Waals surface area contributed by atoms with Crippen molar-refractivity contribution in [2.24, 2.45) is 0 Å². The molecule has 0 saturated heterocycles. The summed E-state index contributed by atoms with van der Waals surface area (Å²) in [6.07, 6.45) is 1.96. The number of hydrogen-bond donors (Lipinski definition) is 2. The van der Waals surface area contributed by atoms with Gasteiger partial charge in [-0.05, 0) is 43.9 Å². The third-order valence-electron chi connectivity index (χ3n) is 6.12. The van der Waals surface area contributed by atoms with Gasteiger partial charge in [-0.1, -0.05) is 37.3 Å². The Morgan fingerprint density at radius 2 is 1.72 bits per heavy atom. The molecule has 0 unspecified atom stereocenters. The molecular formula is C27H34N4O6S2. The summed E-state index contributed by atoms with van der Waals surface area (Å²) in [7, 11) is 0.298. The quantitative estimate of drug-likeness (QED) is 0.320. The summed E-state index contributed by atoms with van der Waals surface area (Å²) in [5, 5.41) is 0.526. The number of carbonyl (C=O) groups excluding carboxylic acids is 2. The van der Waals surface area contributed by atoms with Crippen LogP contribution in [0, 0.1) is 6.92 Å². The van der Waals surface area contributed by atoms with Crippen LogP contribution in [0.15, 0.2) is 42.5 Å². The van der Waals surface area contributed by atoms with Crippen LogP contribution in [-0.2, 0) is 29.6 Å². The molecule has 0 bridgehead atoms. The molecule has 0 spiro atoms. The number of aromatic nitrogens is 1. The van der Waals surface area contributed by atoms with Gasteiger partial charge in [0.15, 0.2) is 0 Å². The summed E-state index contributed by atoms with van der Waals surface area (Å²) in [5.74, 6) is 0.0126. The van der Waals surface area contributed by atoms with Crippen molar-refractivity contribution in [1.29, 1.82) is 0 Å². The molecule has 210 valence electrons. The number of hydrogen-bond acceptors (Lipinski definition) is 8. The van der Waals surface area contributed by atoms with Crippen molar-refractivity contribution in [1.82, 2.24) is 19.3 Å². The number of carbonyl (C=O) groups is 2. The number of nitrogens with zero attached hydrogens (tertiary/aromatic N) is 2. The van der Waals surface area contributed by atoms with Gasteiger partial charge in [-0.25, -0.2) is 14.4 Å². The molecule has 0 saturated carbocycles. The molecule has 0 fully saturated rings. The molecule has 2 N–H and O–H groups in total. The van der Waals surface area contributed by atoms with Crippen molar-refractivity contribution in [3.05, 3.63) is 74.7 Å². The molecule has 1 heterocycles. The van der Waals surface area contributed by atoms with Crippen LogP contribution >= 0.6 is 11.3 Å². The van der Waals surface area contributed by atoms with Gasteiger partial charge in [0.05, 0.1) is 20.8 Å². The highest BCUT2D eigenvalue weighted by atomic mass is 32.2. The Bertz CT molecular complexity index is 1380. The highest BCUT2D eigenvalue weighted by Crippen LogP contribution is 2.30. The second-order valence-electron chi connectivity index (χ2n) is 8.69. The number of rotatable bonds is 13. The molecule has 3 rings (SSSR count). The van der Waals surface area contributed by atoms with Crippen LogP contribution in [0.4, 0.5) is 0 Å². The minimum atomic E-state index is -3.98. The molecule has 12 heteroatoms. The van der Waals surface area contributed by atoms with E-state index in [4.69, 9.17) is 9.47 Å². The van der Waals surface area contributed by atoms with Crippen LogP contribution in [0.25, 0.3) is 0 Å². The Morgan fingerprint density at radius 3 is 2.28 bits per heavy atom. The van der Waals surface area contributed by atoms with Gasteiger partial charge in [-0.15, -0.1) is 11.3 Å². The predicted molar refractivity (Wildman–Crippen MR) is 151 cm³/mol. The van der Waals surface area contributed by atoms with Gasteiger partial charge in [0.1, 0.15) is 22.2 Å². The minimum absolute atomic E-state index is 0.0340. The maximum absolute atomic E-state index is 13.8. The standard InChI is InChI=1S/C27H34N4O6S2/c1-6-23-25(26(32)30-39(34,35)28-3)29-24(38-23)17-31(14-10-13-19-11-8-7-9-12-19)27(33)20-15-21(36-4)18(2)22(16-20)37-5/h7-9,11-12,15-16,28H,6,10,13-14,17H2,1-5H3,(H,30,32). The van der Waals surface area contributed by atoms with Crippen molar-refractivity contribution >= 4 is 33.4 Å². The Morgan fingerprint density at radius 1 is 1.08 bits per heavy atom. The first kappa shape index (κ1) is 30.1. The lowest BCUT2D eigenvalue weighted by molar-refractivity contribution is 0.0740. The number of methoxy groups -OCH3 is 2. The summed E-state index contributed by atoms with van der Waals surface area (Å²) in [5.41, 5.74) is 2.38. The minimum Gasteiger partial charge on any atom is -0.496 e. The van der Waals surface area contributed by atoms with Gasteiger partial charge in [0.25, 0.3) is 11.8 Å². The van der Waals surface area contributed by atoms with Crippen molar-refractivity contribution in [2.75, 3.05) is 27.8 Å². The van der Waals surface area contributed by atoms with Gasteiger partial charge in [0.2, 0.25) is 0 Å². The fraction of sp³-hybridized carbons (Fsp3) is 0.370. The summed E-state index contributed by atoms with van der Waals surface area (Å²) >= 11 is 1.28. The molecule has 1 aromatic heterocycles. The van der Waals surface area contributed by atoms with Crippen LogP contribution in [-0.4, -0.2) is 57.9 Å². The van der Waals surface area contributed by atoms with E-state index in [9.17, 15) is 18.0 Å². The van der Waals surface area contributed by atoms with E-state index in [-0.39, 0.29) is 18.1 Å². The first-order valence-corrected chi connectivity index (χ1v) is 14.7. The highest BCUT2D eigenvalue weighted by molar-refractivity contribution is 7.88. The first-order chi connectivity index (χ1) is 18.6. The average molecular weight is 575 g/mol. The SMILES string of the molecule is CCc1sc(CN(CCCc2ccccc2)C(=O)c2cc(OC)c(C)c(OC)c2)nc1C(=O)NS(=O)(=O)NC. The van der Waals surface area contributed by atoms with Gasteiger partial charge in [-0.2, -0.15) is 8.42 Å². The normalized spacial score (nSPS) is 11.2. The Kier molecular flexibility index (Phi) is 10.4. The lowest BCUT2D eigenvalue weighted by Crippen LogP contribution is -2.38. The maximum Gasteiger partial charge on any atom is 0.301 e. The average Bonchev–Trinajstić information content (AvgIpc) is 3.35. The zero-order valence-electron chi connectivity index (χ0n) is 22.7. The van der Waals surface area contributed by atoms with E-state index in [0.29, 0.717) is 46.3 Å². The third kappa shape index (κ3) is 7.78. The Balaban J connectivity index is 1.91. The molecule has 2 amide bonds. The molecule has 0 aliphatic carbocycles. The zero-order valence-corrected chi connectivity index (χ0v) is 24.4. The highest BCUT2D eigenvalue weighted by Gasteiger charge is 2.25. The van der Waals surface area contributed by atoms with Crippen molar-refractivity contribution in [3.8, 4) is 11.5 Å². The van der Waals surface area contributed by atoms with E-state index in [1.54, 1.807) is 17.0 Å². The lowest BCUT2D eigenvalue weighted by Gasteiger charge is -2.23. The molecule has 10 nitrogen and oxygen atoms in total. The number of ether oxygens (including phenoxy) is 2. The van der Waals surface area contributed by atoms with E-state index in [1.807, 2.05) is 48.9 Å². The Hall–Kier alpha value is -3.48. The summed E-state index contributed by atoms with van der Waals surface area (Å²) < 4.78 is 38.6. The van der Waals surface area contributed by atoms with E-state index in [1.165, 1.54) is 32.6 Å². The van der Waals surface area contributed by atoms with Crippen LogP contribution in [0.5, 0.6) is 11.5 Å². The molecule has 0 radical (unpaired) electrons. The van der Waals surface area contributed by atoms with E-state index < -0.39 is 16.1 Å². The molecule has 39 heavy (non-hydrogen) atoms. The number of amides is 2. The third-order valence-corrected chi connectivity index (χ3v) is 8.30. The second-order valence-corrected chi connectivity index (χ2v) is 11.5. The molecular weight excluding hydrogens is 540 g/mol. The maximum atomic E-state index is 13.8. The molecule has 0 atom stereocenters. The van der Waals surface area contributed by atoms with E-state index >= 15 is 0 Å². The van der Waals surface area contributed by atoms with Gasteiger partial charge < -0.3 is 14.4 Å². The monoisotopic (exact) mass is 574 g/mol. The van der Waals surface area contributed by atoms with Crippen LogP contribution in [0.3, 0.4) is 0 Å². The van der Waals surface area contributed by atoms with Gasteiger partial charge in [-0.3, -0.25) is 9.59 Å². The molecule has 0 aliphatic heterocycles. The van der Waals surface area contributed by atoms with Gasteiger partial charge in [0, 0.05) is 29.6 Å². The summed E-state index contributed by atoms with van der Waals surface area (Å²) in [6, 6.07) is 13.4. The van der Waals surface area contributed by atoms with Crippen LogP contribution in [0.2, 0.25) is 0 Å². The number of nitrogens with one attached hydrogen (secondary N) is 2. The fourth-order valence-corrected chi connectivity index (χ4v) is 5.50. The van der Waals surface area contributed by atoms with Crippen LogP contribution < -0.4 is 18.9 Å². The molecule has 3 aromatic rings. The molecule has 2 aromatic carbocycles. The topological polar surface area (TPSA) is 127 Å². The predicted octanol–water partition coefficient (Wildman–Crippen LogP) is 3.50. The van der Waals surface area contributed by atoms with Crippen molar-refractivity contribution < 1.29 is 27.5 Å². The molecule has 0 aliphatic rings. The second kappa shape index (κ2) is 13.5. The Labute approximate surface area is 233 Å². The van der Waals surface area contributed by atoms with E-state index in [0.717, 1.165) is 17.5 Å². The van der Waals surface area contributed by atoms with E-state index in [2.05, 4.69) is 9.71 Å². The zero-order chi connectivity index (χ0) is 28.6. The smallest absolute Gasteiger partial charge is 0.301 e. The first-order valence-electron chi connectivity index (χ1n) is 12.4. The van der Waals surface area contributed by atoms with Gasteiger partial charge >= 0.3 is 10.2 Å².